The average Bonchev–Trinajstić information content (AvgIpc) is 2.11. The van der Waals surface area contributed by atoms with E-state index in [0.29, 0.717) is 17.6 Å². The van der Waals surface area contributed by atoms with Gasteiger partial charge in [-0.25, -0.2) is 0 Å². The van der Waals surface area contributed by atoms with Gasteiger partial charge in [0.2, 0.25) is 0 Å². The number of ether oxygens (including phenoxy) is 1. The van der Waals surface area contributed by atoms with Crippen LogP contribution in [0.25, 0.3) is 0 Å². The Bertz CT molecular complexity index is 232. The summed E-state index contributed by atoms with van der Waals surface area (Å²) in [6.07, 6.45) is 5.23. The maximum atomic E-state index is 6.15. The molecule has 0 amide bonds. The van der Waals surface area contributed by atoms with E-state index in [4.69, 9.17) is 4.74 Å². The Balaban J connectivity index is 1.63. The molecule has 4 rings (SSSR count). The van der Waals surface area contributed by atoms with Gasteiger partial charge < -0.3 is 10.1 Å². The van der Waals surface area contributed by atoms with Gasteiger partial charge in [-0.1, -0.05) is 13.8 Å². The molecule has 14 heavy (non-hydrogen) atoms. The molecule has 0 aromatic rings. The minimum atomic E-state index is 0.521. The van der Waals surface area contributed by atoms with Gasteiger partial charge in [0.25, 0.3) is 0 Å². The Hall–Kier alpha value is -0.0800. The summed E-state index contributed by atoms with van der Waals surface area (Å²) in [4.78, 5) is 0. The molecular weight excluding hydrogens is 174 g/mol. The van der Waals surface area contributed by atoms with Crippen molar-refractivity contribution in [1.29, 1.82) is 0 Å². The zero-order chi connectivity index (χ0) is 9.76. The van der Waals surface area contributed by atoms with E-state index in [-0.39, 0.29) is 0 Å². The SMILES string of the molecule is CC1(C)[C@H]2CCC(OC3CNC3)[C@@H]1C2. The molecule has 1 heterocycles. The molecule has 3 aliphatic carbocycles. The normalized spacial score (nSPS) is 45.4. The lowest BCUT2D eigenvalue weighted by atomic mass is 9.48. The van der Waals surface area contributed by atoms with Gasteiger partial charge in [-0.3, -0.25) is 0 Å². The predicted molar refractivity (Wildman–Crippen MR) is 56.1 cm³/mol. The van der Waals surface area contributed by atoms with Gasteiger partial charge >= 0.3 is 0 Å². The van der Waals surface area contributed by atoms with Crippen LogP contribution in [0.1, 0.15) is 33.1 Å². The minimum absolute atomic E-state index is 0.521. The second kappa shape index (κ2) is 2.96. The van der Waals surface area contributed by atoms with Crippen molar-refractivity contribution >= 4 is 0 Å². The van der Waals surface area contributed by atoms with Gasteiger partial charge in [-0.2, -0.15) is 0 Å². The van der Waals surface area contributed by atoms with E-state index in [1.54, 1.807) is 0 Å². The van der Waals surface area contributed by atoms with Gasteiger partial charge in [0.1, 0.15) is 0 Å². The third kappa shape index (κ3) is 1.17. The van der Waals surface area contributed by atoms with E-state index < -0.39 is 0 Å². The quantitative estimate of drug-likeness (QED) is 0.725. The number of hydrogen-bond acceptors (Lipinski definition) is 2. The summed E-state index contributed by atoms with van der Waals surface area (Å²) in [5.41, 5.74) is 0.570. The van der Waals surface area contributed by atoms with Crippen molar-refractivity contribution < 1.29 is 4.74 Å². The van der Waals surface area contributed by atoms with Crippen molar-refractivity contribution in [2.75, 3.05) is 13.1 Å². The first-order valence-electron chi connectivity index (χ1n) is 6.04. The molecule has 2 heteroatoms. The zero-order valence-electron chi connectivity index (χ0n) is 9.25. The summed E-state index contributed by atoms with van der Waals surface area (Å²) in [5.74, 6) is 1.84. The summed E-state index contributed by atoms with van der Waals surface area (Å²) in [7, 11) is 0. The van der Waals surface area contributed by atoms with E-state index in [0.717, 1.165) is 24.9 Å². The Kier molecular flexibility index (Phi) is 1.94. The van der Waals surface area contributed by atoms with Crippen molar-refractivity contribution in [2.24, 2.45) is 17.3 Å². The van der Waals surface area contributed by atoms with Crippen molar-refractivity contribution in [3.8, 4) is 0 Å². The fraction of sp³-hybridized carbons (Fsp3) is 1.00. The Morgan fingerprint density at radius 3 is 2.50 bits per heavy atom. The van der Waals surface area contributed by atoms with E-state index in [1.807, 2.05) is 0 Å². The molecule has 3 atom stereocenters. The highest BCUT2D eigenvalue weighted by molar-refractivity contribution is 5.04. The molecule has 1 aliphatic heterocycles. The van der Waals surface area contributed by atoms with Crippen molar-refractivity contribution in [3.63, 3.8) is 0 Å². The highest BCUT2D eigenvalue weighted by Gasteiger charge is 2.55. The number of hydrogen-bond donors (Lipinski definition) is 1. The summed E-state index contributed by atoms with van der Waals surface area (Å²) < 4.78 is 6.15. The summed E-state index contributed by atoms with van der Waals surface area (Å²) in [6, 6.07) is 0. The van der Waals surface area contributed by atoms with Gasteiger partial charge in [-0.05, 0) is 36.5 Å². The van der Waals surface area contributed by atoms with E-state index in [2.05, 4.69) is 19.2 Å². The number of nitrogens with one attached hydrogen (secondary N) is 1. The number of rotatable bonds is 2. The molecular formula is C12H21NO. The van der Waals surface area contributed by atoms with Crippen LogP contribution >= 0.6 is 0 Å². The molecule has 0 aromatic carbocycles. The van der Waals surface area contributed by atoms with E-state index in [9.17, 15) is 0 Å². The summed E-state index contributed by atoms with van der Waals surface area (Å²) in [6.45, 7) is 7.01. The molecule has 80 valence electrons. The molecule has 2 nitrogen and oxygen atoms in total. The average molecular weight is 195 g/mol. The molecule has 0 spiro atoms. The lowest BCUT2D eigenvalue weighted by molar-refractivity contribution is -0.185. The number of fused-ring (bicyclic) bond motifs is 2. The van der Waals surface area contributed by atoms with Crippen LogP contribution in [-0.2, 0) is 4.74 Å². The minimum Gasteiger partial charge on any atom is -0.372 e. The topological polar surface area (TPSA) is 21.3 Å². The maximum absolute atomic E-state index is 6.15. The van der Waals surface area contributed by atoms with Crippen LogP contribution < -0.4 is 5.32 Å². The molecule has 1 unspecified atom stereocenters. The molecule has 0 aromatic heterocycles. The van der Waals surface area contributed by atoms with Crippen molar-refractivity contribution in [1.82, 2.24) is 5.32 Å². The van der Waals surface area contributed by atoms with Crippen LogP contribution in [0.15, 0.2) is 0 Å². The van der Waals surface area contributed by atoms with Crippen molar-refractivity contribution in [3.05, 3.63) is 0 Å². The lowest BCUT2D eigenvalue weighted by Gasteiger charge is -2.60. The standard InChI is InChI=1S/C12H21NO/c1-12(2)8-3-4-11(10(12)5-8)14-9-6-13-7-9/h8-11,13H,3-7H2,1-2H3/t8-,10-,11?/m0/s1. The first-order chi connectivity index (χ1) is 6.68. The third-order valence-corrected chi connectivity index (χ3v) is 4.91. The van der Waals surface area contributed by atoms with Gasteiger partial charge in [0.15, 0.2) is 0 Å². The fourth-order valence-electron chi connectivity index (χ4n) is 3.51. The van der Waals surface area contributed by atoms with Crippen molar-refractivity contribution in [2.45, 2.75) is 45.3 Å². The van der Waals surface area contributed by atoms with Crippen LogP contribution in [-0.4, -0.2) is 25.3 Å². The fourth-order valence-corrected chi connectivity index (χ4v) is 3.51. The second-order valence-corrected chi connectivity index (χ2v) is 5.89. The largest absolute Gasteiger partial charge is 0.372 e. The Morgan fingerprint density at radius 2 is 2.00 bits per heavy atom. The summed E-state index contributed by atoms with van der Waals surface area (Å²) in [5, 5.41) is 3.27. The van der Waals surface area contributed by atoms with Crippen LogP contribution in [0, 0.1) is 17.3 Å². The van der Waals surface area contributed by atoms with Gasteiger partial charge in [0, 0.05) is 13.1 Å². The van der Waals surface area contributed by atoms with Crippen LogP contribution in [0.3, 0.4) is 0 Å². The second-order valence-electron chi connectivity index (χ2n) is 5.89. The van der Waals surface area contributed by atoms with Crippen LogP contribution in [0.2, 0.25) is 0 Å². The van der Waals surface area contributed by atoms with Crippen LogP contribution in [0.5, 0.6) is 0 Å². The predicted octanol–water partition coefficient (Wildman–Crippen LogP) is 1.80. The van der Waals surface area contributed by atoms with Gasteiger partial charge in [0.05, 0.1) is 12.2 Å². The highest BCUT2D eigenvalue weighted by Crippen LogP contribution is 2.59. The molecule has 1 N–H and O–H groups in total. The molecule has 3 saturated carbocycles. The molecule has 4 aliphatic rings. The Labute approximate surface area is 86.4 Å². The molecule has 0 radical (unpaired) electrons. The first-order valence-corrected chi connectivity index (χ1v) is 6.04. The highest BCUT2D eigenvalue weighted by atomic mass is 16.5. The molecule has 2 bridgehead atoms. The van der Waals surface area contributed by atoms with E-state index >= 15 is 0 Å². The lowest BCUT2D eigenvalue weighted by Crippen LogP contribution is -2.58. The molecule has 1 saturated heterocycles. The molecule has 4 fully saturated rings. The zero-order valence-corrected chi connectivity index (χ0v) is 9.25. The van der Waals surface area contributed by atoms with E-state index in [1.165, 1.54) is 19.3 Å². The summed E-state index contributed by atoms with van der Waals surface area (Å²) >= 11 is 0. The maximum Gasteiger partial charge on any atom is 0.0827 e. The third-order valence-electron chi connectivity index (χ3n) is 4.91. The Morgan fingerprint density at radius 1 is 1.21 bits per heavy atom. The monoisotopic (exact) mass is 195 g/mol. The smallest absolute Gasteiger partial charge is 0.0827 e. The van der Waals surface area contributed by atoms with Gasteiger partial charge in [-0.15, -0.1) is 0 Å². The van der Waals surface area contributed by atoms with Crippen LogP contribution in [0.4, 0.5) is 0 Å². The first kappa shape index (κ1) is 9.17.